The van der Waals surface area contributed by atoms with Crippen LogP contribution in [0.2, 0.25) is 0 Å². The molecule has 25 heavy (non-hydrogen) atoms. The Morgan fingerprint density at radius 1 is 0.600 bits per heavy atom. The fraction of sp³-hybridized carbons (Fsp3) is 0.955. The summed E-state index contributed by atoms with van der Waals surface area (Å²) in [4.78, 5) is 13.0. The van der Waals surface area contributed by atoms with E-state index in [0.717, 1.165) is 13.0 Å². The van der Waals surface area contributed by atoms with Gasteiger partial charge in [0.05, 0.1) is 0 Å². The molecule has 0 aromatic carbocycles. The van der Waals surface area contributed by atoms with Gasteiger partial charge in [-0.15, -0.1) is 0 Å². The Labute approximate surface area is 158 Å². The molecule has 0 atom stereocenters. The van der Waals surface area contributed by atoms with Crippen LogP contribution in [0.5, 0.6) is 0 Å². The molecule has 0 aliphatic heterocycles. The number of unbranched alkanes of at least 4 members (excludes halogenated alkanes) is 15. The van der Waals surface area contributed by atoms with Crippen molar-refractivity contribution in [3.05, 3.63) is 0 Å². The molecule has 150 valence electrons. The molecule has 0 unspecified atom stereocenters. The number of carbonyl (C=O) groups is 1. The summed E-state index contributed by atoms with van der Waals surface area (Å²) >= 11 is 0. The minimum Gasteiger partial charge on any atom is -0.356 e. The van der Waals surface area contributed by atoms with E-state index in [0.29, 0.717) is 0 Å². The number of hydrogen-bond acceptors (Lipinski definition) is 2. The molecule has 0 heterocycles. The van der Waals surface area contributed by atoms with Gasteiger partial charge in [-0.1, -0.05) is 89.9 Å². The molecular formula is C22H46N2O. The molecule has 0 aliphatic rings. The van der Waals surface area contributed by atoms with Crippen molar-refractivity contribution >= 4 is 5.91 Å². The smallest absolute Gasteiger partial charge is 0.216 e. The van der Waals surface area contributed by atoms with Gasteiger partial charge in [-0.3, -0.25) is 4.79 Å². The van der Waals surface area contributed by atoms with Gasteiger partial charge in [0, 0.05) is 13.5 Å². The maximum absolute atomic E-state index is 10.7. The van der Waals surface area contributed by atoms with E-state index in [1.807, 2.05) is 0 Å². The highest BCUT2D eigenvalue weighted by Gasteiger charge is 1.96. The monoisotopic (exact) mass is 354 g/mol. The van der Waals surface area contributed by atoms with Crippen molar-refractivity contribution in [2.45, 2.75) is 110 Å². The van der Waals surface area contributed by atoms with Crippen molar-refractivity contribution in [2.75, 3.05) is 27.2 Å². The third kappa shape index (κ3) is 23.4. The molecule has 0 saturated heterocycles. The lowest BCUT2D eigenvalue weighted by atomic mass is 10.0. The molecule has 0 saturated carbocycles. The van der Waals surface area contributed by atoms with E-state index >= 15 is 0 Å². The van der Waals surface area contributed by atoms with Crippen molar-refractivity contribution in [1.29, 1.82) is 0 Å². The van der Waals surface area contributed by atoms with Crippen LogP contribution in [0, 0.1) is 0 Å². The second kappa shape index (κ2) is 19.8. The lowest BCUT2D eigenvalue weighted by Gasteiger charge is -2.08. The van der Waals surface area contributed by atoms with Gasteiger partial charge in [0.25, 0.3) is 0 Å². The minimum absolute atomic E-state index is 0.0972. The molecule has 3 nitrogen and oxygen atoms in total. The fourth-order valence-corrected chi connectivity index (χ4v) is 3.29. The van der Waals surface area contributed by atoms with Crippen LogP contribution in [-0.4, -0.2) is 38.0 Å². The van der Waals surface area contributed by atoms with Crippen LogP contribution in [-0.2, 0) is 4.79 Å². The average Bonchev–Trinajstić information content (AvgIpc) is 2.56. The molecule has 0 aromatic heterocycles. The molecule has 0 aliphatic carbocycles. The molecule has 3 heteroatoms. The van der Waals surface area contributed by atoms with Crippen LogP contribution in [0.15, 0.2) is 0 Å². The molecule has 1 N–H and O–H groups in total. The third-order valence-corrected chi connectivity index (χ3v) is 4.91. The second-order valence-electron chi connectivity index (χ2n) is 7.94. The van der Waals surface area contributed by atoms with Crippen LogP contribution in [0.4, 0.5) is 0 Å². The Kier molecular flexibility index (Phi) is 19.3. The minimum atomic E-state index is 0.0972. The first-order valence-corrected chi connectivity index (χ1v) is 11.0. The van der Waals surface area contributed by atoms with E-state index in [4.69, 9.17) is 0 Å². The van der Waals surface area contributed by atoms with Gasteiger partial charge in [-0.25, -0.2) is 0 Å². The summed E-state index contributed by atoms with van der Waals surface area (Å²) in [6.45, 7) is 3.69. The number of rotatable bonds is 19. The van der Waals surface area contributed by atoms with E-state index in [2.05, 4.69) is 24.3 Å². The van der Waals surface area contributed by atoms with Gasteiger partial charge >= 0.3 is 0 Å². The van der Waals surface area contributed by atoms with Gasteiger partial charge in [0.1, 0.15) is 0 Å². The van der Waals surface area contributed by atoms with E-state index in [9.17, 15) is 4.79 Å². The number of nitrogens with one attached hydrogen (secondary N) is 1. The lowest BCUT2D eigenvalue weighted by molar-refractivity contribution is -0.118. The van der Waals surface area contributed by atoms with E-state index < -0.39 is 0 Å². The van der Waals surface area contributed by atoms with Gasteiger partial charge in [-0.05, 0) is 33.5 Å². The summed E-state index contributed by atoms with van der Waals surface area (Å²) in [5, 5.41) is 2.86. The predicted molar refractivity (Wildman–Crippen MR) is 111 cm³/mol. The number of nitrogens with zero attached hydrogens (tertiary/aromatic N) is 1. The summed E-state index contributed by atoms with van der Waals surface area (Å²) in [5.41, 5.74) is 0. The normalized spacial score (nSPS) is 11.2. The predicted octanol–water partition coefficient (Wildman–Crippen LogP) is 5.93. The highest BCUT2D eigenvalue weighted by Crippen LogP contribution is 2.13. The number of amides is 1. The topological polar surface area (TPSA) is 32.3 Å². The van der Waals surface area contributed by atoms with Crippen LogP contribution >= 0.6 is 0 Å². The molecular weight excluding hydrogens is 308 g/mol. The highest BCUT2D eigenvalue weighted by molar-refractivity contribution is 5.72. The zero-order valence-corrected chi connectivity index (χ0v) is 17.6. The van der Waals surface area contributed by atoms with Crippen molar-refractivity contribution in [1.82, 2.24) is 10.2 Å². The Morgan fingerprint density at radius 3 is 1.24 bits per heavy atom. The maximum atomic E-state index is 10.7. The second-order valence-corrected chi connectivity index (χ2v) is 7.94. The van der Waals surface area contributed by atoms with Crippen molar-refractivity contribution in [2.24, 2.45) is 0 Å². The maximum Gasteiger partial charge on any atom is 0.216 e. The molecule has 0 aromatic rings. The average molecular weight is 355 g/mol. The van der Waals surface area contributed by atoms with Crippen LogP contribution in [0.3, 0.4) is 0 Å². The van der Waals surface area contributed by atoms with Crippen LogP contribution in [0.1, 0.15) is 110 Å². The third-order valence-electron chi connectivity index (χ3n) is 4.91. The van der Waals surface area contributed by atoms with Crippen molar-refractivity contribution in [3.63, 3.8) is 0 Å². The molecule has 0 radical (unpaired) electrons. The summed E-state index contributed by atoms with van der Waals surface area (Å²) in [6.07, 6.45) is 22.2. The van der Waals surface area contributed by atoms with E-state index in [-0.39, 0.29) is 5.91 Å². The lowest BCUT2D eigenvalue weighted by Crippen LogP contribution is -2.20. The molecule has 1 amide bonds. The Balaban J connectivity index is 2.99. The van der Waals surface area contributed by atoms with Gasteiger partial charge < -0.3 is 10.2 Å². The van der Waals surface area contributed by atoms with E-state index in [1.54, 1.807) is 6.92 Å². The number of carbonyl (C=O) groups excluding carboxylic acids is 1. The zero-order chi connectivity index (χ0) is 18.6. The fourth-order valence-electron chi connectivity index (χ4n) is 3.29. The molecule has 0 rings (SSSR count). The van der Waals surface area contributed by atoms with Crippen LogP contribution in [0.25, 0.3) is 0 Å². The SMILES string of the molecule is CC(=O)NCCCCCCCCCCCCCCCCCCN(C)C. The first-order valence-electron chi connectivity index (χ1n) is 11.0. The Morgan fingerprint density at radius 2 is 0.920 bits per heavy atom. The highest BCUT2D eigenvalue weighted by atomic mass is 16.1. The summed E-state index contributed by atoms with van der Waals surface area (Å²) in [6, 6.07) is 0. The first kappa shape index (κ1) is 24.4. The standard InChI is InChI=1S/C22H46N2O/c1-22(25)23-20-18-16-14-12-10-8-6-4-5-7-9-11-13-15-17-19-21-24(2)3/h4-21H2,1-3H3,(H,23,25). The number of hydrogen-bond donors (Lipinski definition) is 1. The summed E-state index contributed by atoms with van der Waals surface area (Å²) < 4.78 is 0. The zero-order valence-electron chi connectivity index (χ0n) is 17.6. The Hall–Kier alpha value is -0.570. The molecule has 0 bridgehead atoms. The van der Waals surface area contributed by atoms with Gasteiger partial charge in [-0.2, -0.15) is 0 Å². The summed E-state index contributed by atoms with van der Waals surface area (Å²) in [5.74, 6) is 0.0972. The Bertz CT molecular complexity index is 279. The molecule has 0 fully saturated rings. The van der Waals surface area contributed by atoms with Gasteiger partial charge in [0.2, 0.25) is 5.91 Å². The molecule has 0 spiro atoms. The van der Waals surface area contributed by atoms with Crippen molar-refractivity contribution < 1.29 is 4.79 Å². The van der Waals surface area contributed by atoms with E-state index in [1.165, 1.54) is 103 Å². The van der Waals surface area contributed by atoms with Crippen LogP contribution < -0.4 is 5.32 Å². The van der Waals surface area contributed by atoms with Crippen molar-refractivity contribution in [3.8, 4) is 0 Å². The first-order chi connectivity index (χ1) is 12.1. The largest absolute Gasteiger partial charge is 0.356 e. The quantitative estimate of drug-likeness (QED) is 0.292. The summed E-state index contributed by atoms with van der Waals surface area (Å²) in [7, 11) is 4.33. The van der Waals surface area contributed by atoms with Gasteiger partial charge in [0.15, 0.2) is 0 Å².